The molecule has 1 saturated heterocycles. The van der Waals surface area contributed by atoms with E-state index in [1.807, 2.05) is 23.6 Å². The van der Waals surface area contributed by atoms with Gasteiger partial charge in [-0.1, -0.05) is 19.1 Å². The second-order valence-corrected chi connectivity index (χ2v) is 8.93. The Morgan fingerprint density at radius 1 is 1.26 bits per heavy atom. The number of hydrogen-bond acceptors (Lipinski definition) is 6. The number of nitrogens with one attached hydrogen (secondary N) is 1. The molecule has 3 heterocycles. The highest BCUT2D eigenvalue weighted by atomic mass is 16.5. The normalized spacial score (nSPS) is 19.5. The van der Waals surface area contributed by atoms with Gasteiger partial charge in [0, 0.05) is 24.5 Å². The molecule has 0 aliphatic carbocycles. The van der Waals surface area contributed by atoms with Crippen molar-refractivity contribution in [2.45, 2.75) is 58.8 Å². The lowest BCUT2D eigenvalue weighted by atomic mass is 9.78. The van der Waals surface area contributed by atoms with E-state index < -0.39 is 0 Å². The molecule has 2 aliphatic rings. The average Bonchev–Trinajstić information content (AvgIpc) is 3.09. The van der Waals surface area contributed by atoms with Gasteiger partial charge < -0.3 is 19.4 Å². The van der Waals surface area contributed by atoms with Crippen LogP contribution < -0.4 is 10.1 Å². The molecule has 0 radical (unpaired) electrons. The minimum atomic E-state index is -0.151. The zero-order chi connectivity index (χ0) is 21.8. The van der Waals surface area contributed by atoms with Crippen molar-refractivity contribution in [3.05, 3.63) is 41.5 Å². The highest BCUT2D eigenvalue weighted by Gasteiger charge is 2.39. The van der Waals surface area contributed by atoms with Crippen molar-refractivity contribution in [3.63, 3.8) is 0 Å². The first kappa shape index (κ1) is 21.8. The average molecular weight is 428 g/mol. The van der Waals surface area contributed by atoms with Crippen LogP contribution in [0.25, 0.3) is 0 Å². The number of carbonyl (C=O) groups is 1. The molecule has 1 aromatic heterocycles. The Bertz CT molecular complexity index is 887. The summed E-state index contributed by atoms with van der Waals surface area (Å²) in [4.78, 5) is 15.2. The van der Waals surface area contributed by atoms with Crippen molar-refractivity contribution in [2.75, 3.05) is 26.8 Å². The van der Waals surface area contributed by atoms with E-state index in [9.17, 15) is 4.79 Å². The molecule has 2 aromatic rings. The molecule has 1 aromatic carbocycles. The summed E-state index contributed by atoms with van der Waals surface area (Å²) in [6, 6.07) is 8.39. The number of rotatable bonds is 6. The number of aromatic nitrogens is 3. The fraction of sp³-hybridized carbons (Fsp3) is 0.609. The maximum absolute atomic E-state index is 12.7. The van der Waals surface area contributed by atoms with Crippen LogP contribution in [-0.2, 0) is 24.4 Å². The third kappa shape index (κ3) is 4.91. The quantitative estimate of drug-likeness (QED) is 0.763. The van der Waals surface area contributed by atoms with Gasteiger partial charge in [-0.15, -0.1) is 10.2 Å². The number of hydrogen-bond donors (Lipinski definition) is 1. The summed E-state index contributed by atoms with van der Waals surface area (Å²) in [5.74, 6) is 1.88. The van der Waals surface area contributed by atoms with E-state index in [0.29, 0.717) is 19.0 Å². The van der Waals surface area contributed by atoms with Crippen LogP contribution in [0.2, 0.25) is 0 Å². The third-order valence-corrected chi connectivity index (χ3v) is 6.64. The van der Waals surface area contributed by atoms with E-state index in [0.717, 1.165) is 57.0 Å². The molecule has 4 rings (SSSR count). The number of likely N-dealkylation sites (tertiary alicyclic amines) is 1. The second kappa shape index (κ2) is 9.36. The molecule has 1 fully saturated rings. The van der Waals surface area contributed by atoms with Crippen LogP contribution in [0.15, 0.2) is 24.3 Å². The third-order valence-electron chi connectivity index (χ3n) is 6.64. The molecule has 1 N–H and O–H groups in total. The molecule has 1 spiro atoms. The summed E-state index contributed by atoms with van der Waals surface area (Å²) in [7, 11) is 1.69. The maximum atomic E-state index is 12.7. The standard InChI is InChI=1S/C23H33N5O3/c1-4-17(2)24-22(29)21-26-25-20-14-31-16-23(15-28(20)21)9-11-27(12-10-23)13-18-5-7-19(30-3)8-6-18/h5-8,17H,4,9-16H2,1-3H3,(H,24,29)/t17-/m0/s1. The van der Waals surface area contributed by atoms with Gasteiger partial charge in [0.15, 0.2) is 5.82 Å². The van der Waals surface area contributed by atoms with Crippen LogP contribution in [-0.4, -0.2) is 58.4 Å². The topological polar surface area (TPSA) is 81.5 Å². The second-order valence-electron chi connectivity index (χ2n) is 8.93. The zero-order valence-corrected chi connectivity index (χ0v) is 18.8. The smallest absolute Gasteiger partial charge is 0.289 e. The molecule has 8 heteroatoms. The molecular formula is C23H33N5O3. The van der Waals surface area contributed by atoms with Gasteiger partial charge in [0.25, 0.3) is 5.91 Å². The molecule has 1 atom stereocenters. The van der Waals surface area contributed by atoms with Gasteiger partial charge in [-0.3, -0.25) is 9.69 Å². The Morgan fingerprint density at radius 3 is 2.68 bits per heavy atom. The lowest BCUT2D eigenvalue weighted by molar-refractivity contribution is -0.00570. The SMILES string of the molecule is CC[C@H](C)NC(=O)c1nnc2n1CC1(CCN(Cc3ccc(OC)cc3)CC1)COC2. The van der Waals surface area contributed by atoms with Crippen LogP contribution in [0.1, 0.15) is 55.1 Å². The Kier molecular flexibility index (Phi) is 6.57. The van der Waals surface area contributed by atoms with Crippen LogP contribution in [0.4, 0.5) is 0 Å². The number of amides is 1. The van der Waals surface area contributed by atoms with Crippen molar-refractivity contribution >= 4 is 5.91 Å². The first-order chi connectivity index (χ1) is 15.0. The Hall–Kier alpha value is -2.45. The molecule has 0 saturated carbocycles. The highest BCUT2D eigenvalue weighted by Crippen LogP contribution is 2.37. The number of methoxy groups -OCH3 is 1. The molecule has 31 heavy (non-hydrogen) atoms. The fourth-order valence-corrected chi connectivity index (χ4v) is 4.38. The van der Waals surface area contributed by atoms with E-state index in [1.54, 1.807) is 7.11 Å². The Morgan fingerprint density at radius 2 is 2.00 bits per heavy atom. The van der Waals surface area contributed by atoms with E-state index in [2.05, 4.69) is 39.5 Å². The summed E-state index contributed by atoms with van der Waals surface area (Å²) < 4.78 is 13.2. The monoisotopic (exact) mass is 427 g/mol. The number of piperidine rings is 1. The summed E-state index contributed by atoms with van der Waals surface area (Å²) in [6.45, 7) is 8.82. The van der Waals surface area contributed by atoms with Crippen LogP contribution in [0.5, 0.6) is 5.75 Å². The summed E-state index contributed by atoms with van der Waals surface area (Å²) in [5.41, 5.74) is 1.30. The van der Waals surface area contributed by atoms with Crippen molar-refractivity contribution in [2.24, 2.45) is 5.41 Å². The number of fused-ring (bicyclic) bond motifs is 1. The lowest BCUT2D eigenvalue weighted by Crippen LogP contribution is -2.44. The van der Waals surface area contributed by atoms with Crippen LogP contribution in [0, 0.1) is 5.41 Å². The predicted octanol–water partition coefficient (Wildman–Crippen LogP) is 2.63. The highest BCUT2D eigenvalue weighted by molar-refractivity contribution is 5.90. The van der Waals surface area contributed by atoms with Crippen molar-refractivity contribution in [1.82, 2.24) is 25.0 Å². The first-order valence-corrected chi connectivity index (χ1v) is 11.2. The van der Waals surface area contributed by atoms with Gasteiger partial charge in [-0.05, 0) is 57.0 Å². The first-order valence-electron chi connectivity index (χ1n) is 11.2. The number of ether oxygens (including phenoxy) is 2. The molecule has 0 unspecified atom stereocenters. The van der Waals surface area contributed by atoms with Gasteiger partial charge in [0.1, 0.15) is 12.4 Å². The van der Waals surface area contributed by atoms with E-state index in [4.69, 9.17) is 9.47 Å². The Balaban J connectivity index is 1.42. The van der Waals surface area contributed by atoms with E-state index in [1.165, 1.54) is 5.56 Å². The van der Waals surface area contributed by atoms with E-state index in [-0.39, 0.29) is 17.4 Å². The minimum Gasteiger partial charge on any atom is -0.497 e. The van der Waals surface area contributed by atoms with Crippen molar-refractivity contribution < 1.29 is 14.3 Å². The zero-order valence-electron chi connectivity index (χ0n) is 18.8. The largest absolute Gasteiger partial charge is 0.497 e. The molecule has 1 amide bonds. The number of carbonyl (C=O) groups excluding carboxylic acids is 1. The lowest BCUT2D eigenvalue weighted by Gasteiger charge is -2.41. The molecule has 2 aliphatic heterocycles. The Labute approximate surface area is 183 Å². The van der Waals surface area contributed by atoms with Gasteiger partial charge >= 0.3 is 0 Å². The summed E-state index contributed by atoms with van der Waals surface area (Å²) >= 11 is 0. The molecular weight excluding hydrogens is 394 g/mol. The predicted molar refractivity (Wildman–Crippen MR) is 117 cm³/mol. The van der Waals surface area contributed by atoms with Gasteiger partial charge in [-0.2, -0.15) is 0 Å². The molecule has 168 valence electrons. The minimum absolute atomic E-state index is 0.00937. The summed E-state index contributed by atoms with van der Waals surface area (Å²) in [5, 5.41) is 11.4. The number of nitrogens with zero attached hydrogens (tertiary/aromatic N) is 4. The van der Waals surface area contributed by atoms with Gasteiger partial charge in [0.2, 0.25) is 5.82 Å². The number of benzene rings is 1. The molecule has 0 bridgehead atoms. The van der Waals surface area contributed by atoms with Crippen molar-refractivity contribution in [3.8, 4) is 5.75 Å². The maximum Gasteiger partial charge on any atom is 0.289 e. The van der Waals surface area contributed by atoms with Gasteiger partial charge in [0.05, 0.1) is 13.7 Å². The van der Waals surface area contributed by atoms with Crippen molar-refractivity contribution in [1.29, 1.82) is 0 Å². The fourth-order valence-electron chi connectivity index (χ4n) is 4.38. The van der Waals surface area contributed by atoms with Crippen LogP contribution >= 0.6 is 0 Å². The van der Waals surface area contributed by atoms with Gasteiger partial charge in [-0.25, -0.2) is 0 Å². The van der Waals surface area contributed by atoms with E-state index >= 15 is 0 Å². The molecule has 8 nitrogen and oxygen atoms in total. The van der Waals surface area contributed by atoms with Crippen LogP contribution in [0.3, 0.4) is 0 Å². The summed E-state index contributed by atoms with van der Waals surface area (Å²) in [6.07, 6.45) is 2.92.